The Hall–Kier alpha value is -1.52. The van der Waals surface area contributed by atoms with Crippen molar-refractivity contribution in [2.45, 2.75) is 33.7 Å². The third kappa shape index (κ3) is 2.35. The van der Waals surface area contributed by atoms with Gasteiger partial charge in [0.05, 0.1) is 11.9 Å². The second-order valence-corrected chi connectivity index (χ2v) is 5.42. The average Bonchev–Trinajstić information content (AvgIpc) is 2.68. The highest BCUT2D eigenvalue weighted by Gasteiger charge is 2.29. The Balaban J connectivity index is 2.22. The van der Waals surface area contributed by atoms with E-state index >= 15 is 0 Å². The van der Waals surface area contributed by atoms with E-state index in [1.165, 1.54) is 6.42 Å². The number of hydrogen-bond acceptors (Lipinski definition) is 3. The molecule has 0 aromatic carbocycles. The molecule has 1 aromatic rings. The highest BCUT2D eigenvalue weighted by molar-refractivity contribution is 5.97. The van der Waals surface area contributed by atoms with Gasteiger partial charge in [-0.1, -0.05) is 13.8 Å². The summed E-state index contributed by atoms with van der Waals surface area (Å²) in [4.78, 5) is 14.5. The van der Waals surface area contributed by atoms with Gasteiger partial charge in [0.15, 0.2) is 0 Å². The molecule has 18 heavy (non-hydrogen) atoms. The molecule has 2 rings (SSSR count). The fourth-order valence-corrected chi connectivity index (χ4v) is 2.85. The molecule has 1 saturated heterocycles. The van der Waals surface area contributed by atoms with Crippen LogP contribution < -0.4 is 5.73 Å². The molecule has 0 saturated carbocycles. The van der Waals surface area contributed by atoms with Crippen LogP contribution in [-0.4, -0.2) is 33.7 Å². The summed E-state index contributed by atoms with van der Waals surface area (Å²) in [5.41, 5.74) is 6.88. The first-order valence-electron chi connectivity index (χ1n) is 6.63. The molecule has 0 spiro atoms. The van der Waals surface area contributed by atoms with E-state index in [1.807, 2.05) is 11.8 Å². The van der Waals surface area contributed by atoms with Crippen molar-refractivity contribution >= 4 is 11.6 Å². The molecule has 1 aromatic heterocycles. The van der Waals surface area contributed by atoms with Crippen molar-refractivity contribution in [3.05, 3.63) is 11.9 Å². The lowest BCUT2D eigenvalue weighted by Gasteiger charge is -2.35. The molecule has 5 nitrogen and oxygen atoms in total. The second kappa shape index (κ2) is 5.00. The van der Waals surface area contributed by atoms with Gasteiger partial charge in [-0.25, -0.2) is 0 Å². The molecule has 1 amide bonds. The maximum Gasteiger partial charge on any atom is 0.274 e. The standard InChI is InChI=1S/C13H22N4O/c1-4-17-12(11(14)6-15-17)13(18)16-7-9(2)5-10(3)8-16/h6,9-10H,4-5,7-8,14H2,1-3H3. The number of anilines is 1. The van der Waals surface area contributed by atoms with E-state index < -0.39 is 0 Å². The first-order chi connectivity index (χ1) is 8.52. The molecule has 5 heteroatoms. The molecule has 2 atom stereocenters. The van der Waals surface area contributed by atoms with Gasteiger partial charge in [0.25, 0.3) is 5.91 Å². The highest BCUT2D eigenvalue weighted by Crippen LogP contribution is 2.23. The minimum Gasteiger partial charge on any atom is -0.396 e. The van der Waals surface area contributed by atoms with E-state index in [1.54, 1.807) is 10.9 Å². The number of rotatable bonds is 2. The average molecular weight is 250 g/mol. The number of aryl methyl sites for hydroxylation is 1. The summed E-state index contributed by atoms with van der Waals surface area (Å²) >= 11 is 0. The van der Waals surface area contributed by atoms with Crippen molar-refractivity contribution in [1.29, 1.82) is 0 Å². The minimum absolute atomic E-state index is 0.0188. The van der Waals surface area contributed by atoms with Crippen molar-refractivity contribution in [1.82, 2.24) is 14.7 Å². The number of carbonyl (C=O) groups is 1. The van der Waals surface area contributed by atoms with Gasteiger partial charge in [-0.3, -0.25) is 9.48 Å². The molecule has 0 bridgehead atoms. The Morgan fingerprint density at radius 2 is 2.06 bits per heavy atom. The van der Waals surface area contributed by atoms with Gasteiger partial charge in [-0.15, -0.1) is 0 Å². The van der Waals surface area contributed by atoms with Crippen molar-refractivity contribution in [3.63, 3.8) is 0 Å². The molecule has 2 heterocycles. The lowest BCUT2D eigenvalue weighted by Crippen LogP contribution is -2.43. The largest absolute Gasteiger partial charge is 0.396 e. The van der Waals surface area contributed by atoms with Crippen LogP contribution in [0.3, 0.4) is 0 Å². The Bertz CT molecular complexity index is 430. The Kier molecular flexibility index (Phi) is 3.59. The summed E-state index contributed by atoms with van der Waals surface area (Å²) in [6.45, 7) is 8.64. The number of amides is 1. The quantitative estimate of drug-likeness (QED) is 0.867. The van der Waals surface area contributed by atoms with Gasteiger partial charge in [-0.05, 0) is 25.2 Å². The molecule has 2 unspecified atom stereocenters. The molecule has 1 aliphatic rings. The highest BCUT2D eigenvalue weighted by atomic mass is 16.2. The van der Waals surface area contributed by atoms with Crippen LogP contribution in [0, 0.1) is 11.8 Å². The summed E-state index contributed by atoms with van der Waals surface area (Å²) in [6.07, 6.45) is 2.75. The predicted octanol–water partition coefficient (Wildman–Crippen LogP) is 1.60. The zero-order valence-electron chi connectivity index (χ0n) is 11.4. The van der Waals surface area contributed by atoms with Crippen LogP contribution in [0.4, 0.5) is 5.69 Å². The lowest BCUT2D eigenvalue weighted by atomic mass is 9.92. The van der Waals surface area contributed by atoms with Gasteiger partial charge in [0.2, 0.25) is 0 Å². The smallest absolute Gasteiger partial charge is 0.274 e. The van der Waals surface area contributed by atoms with Gasteiger partial charge in [0.1, 0.15) is 5.69 Å². The van der Waals surface area contributed by atoms with E-state index in [0.29, 0.717) is 29.8 Å². The normalized spacial score (nSPS) is 24.3. The third-order valence-electron chi connectivity index (χ3n) is 3.53. The van der Waals surface area contributed by atoms with E-state index in [9.17, 15) is 4.79 Å². The van der Waals surface area contributed by atoms with Crippen molar-refractivity contribution in [2.24, 2.45) is 11.8 Å². The van der Waals surface area contributed by atoms with E-state index in [-0.39, 0.29) is 5.91 Å². The third-order valence-corrected chi connectivity index (χ3v) is 3.53. The van der Waals surface area contributed by atoms with Crippen LogP contribution in [0.2, 0.25) is 0 Å². The number of carbonyl (C=O) groups excluding carboxylic acids is 1. The van der Waals surface area contributed by atoms with Crippen LogP contribution in [0.15, 0.2) is 6.20 Å². The number of likely N-dealkylation sites (tertiary alicyclic amines) is 1. The zero-order valence-corrected chi connectivity index (χ0v) is 11.4. The maximum atomic E-state index is 12.5. The second-order valence-electron chi connectivity index (χ2n) is 5.42. The van der Waals surface area contributed by atoms with Crippen LogP contribution in [-0.2, 0) is 6.54 Å². The molecular formula is C13H22N4O. The lowest BCUT2D eigenvalue weighted by molar-refractivity contribution is 0.0612. The molecule has 0 aliphatic carbocycles. The number of aromatic nitrogens is 2. The first kappa shape index (κ1) is 12.9. The Morgan fingerprint density at radius 3 is 2.61 bits per heavy atom. The predicted molar refractivity (Wildman–Crippen MR) is 71.2 cm³/mol. The van der Waals surface area contributed by atoms with Gasteiger partial charge < -0.3 is 10.6 Å². The number of nitrogens with zero attached hydrogens (tertiary/aromatic N) is 3. The fraction of sp³-hybridized carbons (Fsp3) is 0.692. The minimum atomic E-state index is 0.0188. The van der Waals surface area contributed by atoms with Gasteiger partial charge in [-0.2, -0.15) is 5.10 Å². The molecular weight excluding hydrogens is 228 g/mol. The van der Waals surface area contributed by atoms with Crippen molar-refractivity contribution in [3.8, 4) is 0 Å². The Labute approximate surface area is 108 Å². The van der Waals surface area contributed by atoms with Gasteiger partial charge >= 0.3 is 0 Å². The summed E-state index contributed by atoms with van der Waals surface area (Å²) in [5, 5.41) is 4.13. The van der Waals surface area contributed by atoms with Crippen LogP contribution in [0.25, 0.3) is 0 Å². The molecule has 1 fully saturated rings. The number of nitrogens with two attached hydrogens (primary N) is 1. The number of piperidine rings is 1. The van der Waals surface area contributed by atoms with Crippen LogP contribution in [0.5, 0.6) is 0 Å². The summed E-state index contributed by atoms with van der Waals surface area (Å²) in [7, 11) is 0. The molecule has 0 radical (unpaired) electrons. The van der Waals surface area contributed by atoms with Crippen LogP contribution in [0.1, 0.15) is 37.7 Å². The van der Waals surface area contributed by atoms with Crippen LogP contribution >= 0.6 is 0 Å². The molecule has 1 aliphatic heterocycles. The number of hydrogen-bond donors (Lipinski definition) is 1. The van der Waals surface area contributed by atoms with E-state index in [4.69, 9.17) is 5.73 Å². The monoisotopic (exact) mass is 250 g/mol. The van der Waals surface area contributed by atoms with Gasteiger partial charge in [0, 0.05) is 19.6 Å². The summed E-state index contributed by atoms with van der Waals surface area (Å²) < 4.78 is 1.68. The molecule has 2 N–H and O–H groups in total. The summed E-state index contributed by atoms with van der Waals surface area (Å²) in [5.74, 6) is 1.12. The van der Waals surface area contributed by atoms with Crippen molar-refractivity contribution in [2.75, 3.05) is 18.8 Å². The topological polar surface area (TPSA) is 64.2 Å². The number of nitrogen functional groups attached to an aromatic ring is 1. The maximum absolute atomic E-state index is 12.5. The van der Waals surface area contributed by atoms with E-state index in [2.05, 4.69) is 18.9 Å². The molecule has 100 valence electrons. The zero-order chi connectivity index (χ0) is 13.3. The van der Waals surface area contributed by atoms with E-state index in [0.717, 1.165) is 13.1 Å². The fourth-order valence-electron chi connectivity index (χ4n) is 2.85. The first-order valence-corrected chi connectivity index (χ1v) is 6.63. The summed E-state index contributed by atoms with van der Waals surface area (Å²) in [6, 6.07) is 0. The SMILES string of the molecule is CCn1ncc(N)c1C(=O)N1CC(C)CC(C)C1. The Morgan fingerprint density at radius 1 is 1.44 bits per heavy atom. The van der Waals surface area contributed by atoms with Crippen molar-refractivity contribution < 1.29 is 4.79 Å².